The maximum atomic E-state index is 2.47. The number of fused-ring (bicyclic) bond motifs is 5. The zero-order chi connectivity index (χ0) is 8.13. The van der Waals surface area contributed by atoms with Gasteiger partial charge in [0.1, 0.15) is 0 Å². The molecule has 0 amide bonds. The first-order chi connectivity index (χ1) is 5.84. The third-order valence-corrected chi connectivity index (χ3v) is 4.85. The van der Waals surface area contributed by atoms with Crippen LogP contribution in [0.25, 0.3) is 0 Å². The van der Waals surface area contributed by atoms with Gasteiger partial charge in [0.05, 0.1) is 0 Å². The van der Waals surface area contributed by atoms with Gasteiger partial charge in [-0.2, -0.15) is 0 Å². The van der Waals surface area contributed by atoms with Gasteiger partial charge in [0.2, 0.25) is 0 Å². The Morgan fingerprint density at radius 3 is 2.00 bits per heavy atom. The van der Waals surface area contributed by atoms with E-state index in [0.29, 0.717) is 0 Å². The molecule has 0 aliphatic heterocycles. The summed E-state index contributed by atoms with van der Waals surface area (Å²) in [5.74, 6) is 5.73. The second kappa shape index (κ2) is 2.49. The van der Waals surface area contributed by atoms with Crippen LogP contribution in [0.1, 0.15) is 45.4 Å². The predicted octanol–water partition coefficient (Wildman–Crippen LogP) is 3.47. The molecule has 3 aliphatic rings. The molecule has 0 aromatic heterocycles. The van der Waals surface area contributed by atoms with E-state index in [1.54, 1.807) is 38.5 Å². The van der Waals surface area contributed by atoms with E-state index in [1.807, 2.05) is 0 Å². The normalized spacial score (nSPS) is 57.2. The SMILES string of the molecule is CC1CC2CC(C1)C1CCCC21. The monoisotopic (exact) mass is 164 g/mol. The number of hydrogen-bond donors (Lipinski definition) is 0. The van der Waals surface area contributed by atoms with Crippen LogP contribution in [-0.2, 0) is 0 Å². The van der Waals surface area contributed by atoms with E-state index in [9.17, 15) is 0 Å². The van der Waals surface area contributed by atoms with Crippen molar-refractivity contribution >= 4 is 0 Å². The van der Waals surface area contributed by atoms with Crippen LogP contribution in [-0.4, -0.2) is 0 Å². The van der Waals surface area contributed by atoms with Gasteiger partial charge in [0.15, 0.2) is 0 Å². The minimum atomic E-state index is 1.05. The summed E-state index contributed by atoms with van der Waals surface area (Å²) in [4.78, 5) is 0. The van der Waals surface area contributed by atoms with Gasteiger partial charge in [-0.05, 0) is 61.7 Å². The fourth-order valence-corrected chi connectivity index (χ4v) is 4.60. The van der Waals surface area contributed by atoms with Crippen LogP contribution in [0, 0.1) is 29.6 Å². The predicted molar refractivity (Wildman–Crippen MR) is 50.8 cm³/mol. The molecule has 0 N–H and O–H groups in total. The van der Waals surface area contributed by atoms with E-state index in [2.05, 4.69) is 6.92 Å². The molecule has 0 aromatic rings. The zero-order valence-electron chi connectivity index (χ0n) is 8.13. The van der Waals surface area contributed by atoms with Crippen molar-refractivity contribution < 1.29 is 0 Å². The van der Waals surface area contributed by atoms with Gasteiger partial charge in [-0.3, -0.25) is 0 Å². The van der Waals surface area contributed by atoms with Crippen LogP contribution in [0.4, 0.5) is 0 Å². The lowest BCUT2D eigenvalue weighted by Crippen LogP contribution is -2.15. The summed E-state index contributed by atoms with van der Waals surface area (Å²) < 4.78 is 0. The van der Waals surface area contributed by atoms with Crippen molar-refractivity contribution in [2.75, 3.05) is 0 Å². The average molecular weight is 164 g/mol. The van der Waals surface area contributed by atoms with Crippen molar-refractivity contribution in [2.45, 2.75) is 45.4 Å². The van der Waals surface area contributed by atoms with Gasteiger partial charge in [-0.1, -0.05) is 13.3 Å². The van der Waals surface area contributed by atoms with Crippen molar-refractivity contribution in [1.29, 1.82) is 0 Å². The highest BCUT2D eigenvalue weighted by Crippen LogP contribution is 2.57. The van der Waals surface area contributed by atoms with Gasteiger partial charge in [0.25, 0.3) is 0 Å². The molecule has 4 unspecified atom stereocenters. The Kier molecular flexibility index (Phi) is 1.54. The molecule has 12 heavy (non-hydrogen) atoms. The first-order valence-corrected chi connectivity index (χ1v) is 5.84. The largest absolute Gasteiger partial charge is 0.0625 e. The minimum absolute atomic E-state index is 1.05. The van der Waals surface area contributed by atoms with Crippen molar-refractivity contribution in [3.63, 3.8) is 0 Å². The quantitative estimate of drug-likeness (QED) is 0.514. The van der Waals surface area contributed by atoms with Crippen LogP contribution in [0.15, 0.2) is 0 Å². The fourth-order valence-electron chi connectivity index (χ4n) is 4.60. The Balaban J connectivity index is 1.86. The topological polar surface area (TPSA) is 0 Å². The third kappa shape index (κ3) is 0.900. The first-order valence-electron chi connectivity index (χ1n) is 5.84. The lowest BCUT2D eigenvalue weighted by molar-refractivity contribution is 0.245. The highest BCUT2D eigenvalue weighted by atomic mass is 14.5. The van der Waals surface area contributed by atoms with Gasteiger partial charge >= 0.3 is 0 Å². The fraction of sp³-hybridized carbons (Fsp3) is 1.00. The lowest BCUT2D eigenvalue weighted by atomic mass is 9.79. The summed E-state index contributed by atoms with van der Waals surface area (Å²) in [5, 5.41) is 0. The molecular formula is C12H20. The highest BCUT2D eigenvalue weighted by molar-refractivity contribution is 4.98. The average Bonchev–Trinajstić information content (AvgIpc) is 2.56. The molecule has 0 spiro atoms. The molecule has 0 aromatic carbocycles. The van der Waals surface area contributed by atoms with Crippen LogP contribution in [0.2, 0.25) is 0 Å². The van der Waals surface area contributed by atoms with Crippen molar-refractivity contribution in [1.82, 2.24) is 0 Å². The van der Waals surface area contributed by atoms with E-state index in [-0.39, 0.29) is 0 Å². The Bertz CT molecular complexity index is 162. The first kappa shape index (κ1) is 7.41. The van der Waals surface area contributed by atoms with Crippen LogP contribution in [0.3, 0.4) is 0 Å². The van der Waals surface area contributed by atoms with Gasteiger partial charge in [-0.25, -0.2) is 0 Å². The third-order valence-electron chi connectivity index (χ3n) is 4.85. The Morgan fingerprint density at radius 1 is 0.833 bits per heavy atom. The summed E-state index contributed by atoms with van der Waals surface area (Å²) in [7, 11) is 0. The highest BCUT2D eigenvalue weighted by Gasteiger charge is 2.48. The van der Waals surface area contributed by atoms with Gasteiger partial charge in [0, 0.05) is 0 Å². The lowest BCUT2D eigenvalue weighted by Gasteiger charge is -2.26. The summed E-state index contributed by atoms with van der Waals surface area (Å²) >= 11 is 0. The summed E-state index contributed by atoms with van der Waals surface area (Å²) in [5.41, 5.74) is 0. The summed E-state index contributed by atoms with van der Waals surface area (Å²) in [6.07, 6.45) is 9.46. The molecular weight excluding hydrogens is 144 g/mol. The maximum absolute atomic E-state index is 2.47. The maximum Gasteiger partial charge on any atom is -0.0355 e. The number of hydrogen-bond acceptors (Lipinski definition) is 0. The van der Waals surface area contributed by atoms with Gasteiger partial charge < -0.3 is 0 Å². The summed E-state index contributed by atoms with van der Waals surface area (Å²) in [6, 6.07) is 0. The zero-order valence-corrected chi connectivity index (χ0v) is 8.13. The van der Waals surface area contributed by atoms with E-state index in [1.165, 1.54) is 11.8 Å². The smallest absolute Gasteiger partial charge is 0.0355 e. The second-order valence-electron chi connectivity index (χ2n) is 5.59. The molecule has 4 atom stereocenters. The van der Waals surface area contributed by atoms with Crippen LogP contribution >= 0.6 is 0 Å². The molecule has 0 heterocycles. The minimum Gasteiger partial charge on any atom is -0.0625 e. The molecule has 68 valence electrons. The standard InChI is InChI=1S/C12H20/c1-8-5-9-7-10(6-8)12-4-2-3-11(9)12/h8-12H,2-7H2,1H3. The molecule has 3 saturated carbocycles. The van der Waals surface area contributed by atoms with Crippen LogP contribution < -0.4 is 0 Å². The van der Waals surface area contributed by atoms with Crippen molar-refractivity contribution in [3.05, 3.63) is 0 Å². The van der Waals surface area contributed by atoms with E-state index in [0.717, 1.165) is 17.8 Å². The molecule has 3 rings (SSSR count). The molecule has 3 fully saturated rings. The van der Waals surface area contributed by atoms with Crippen molar-refractivity contribution in [2.24, 2.45) is 29.6 Å². The van der Waals surface area contributed by atoms with Crippen LogP contribution in [0.5, 0.6) is 0 Å². The molecule has 0 radical (unpaired) electrons. The van der Waals surface area contributed by atoms with E-state index >= 15 is 0 Å². The Hall–Kier alpha value is 0. The summed E-state index contributed by atoms with van der Waals surface area (Å²) in [6.45, 7) is 2.47. The van der Waals surface area contributed by atoms with E-state index in [4.69, 9.17) is 0 Å². The second-order valence-corrected chi connectivity index (χ2v) is 5.59. The Morgan fingerprint density at radius 2 is 1.42 bits per heavy atom. The molecule has 0 heteroatoms. The van der Waals surface area contributed by atoms with E-state index < -0.39 is 0 Å². The molecule has 0 saturated heterocycles. The van der Waals surface area contributed by atoms with Gasteiger partial charge in [-0.15, -0.1) is 0 Å². The molecule has 2 bridgehead atoms. The number of rotatable bonds is 0. The molecule has 0 nitrogen and oxygen atoms in total. The Labute approximate surface area is 75.7 Å². The van der Waals surface area contributed by atoms with Crippen molar-refractivity contribution in [3.8, 4) is 0 Å². The molecule has 3 aliphatic carbocycles.